The lowest BCUT2D eigenvalue weighted by atomic mass is 10.1. The van der Waals surface area contributed by atoms with Crippen LogP contribution in [0.1, 0.15) is 23.9 Å². The highest BCUT2D eigenvalue weighted by Gasteiger charge is 2.36. The average Bonchev–Trinajstić information content (AvgIpc) is 3.39. The predicted octanol–water partition coefficient (Wildman–Crippen LogP) is 3.79. The number of hydrogen-bond donors (Lipinski definition) is 2. The number of ether oxygens (including phenoxy) is 2. The summed E-state index contributed by atoms with van der Waals surface area (Å²) in [5.41, 5.74) is 2.77. The number of aromatic amines is 2. The molecule has 30 heavy (non-hydrogen) atoms. The minimum Gasteiger partial charge on any atom is -0.449 e. The van der Waals surface area contributed by atoms with Crippen molar-refractivity contribution in [2.75, 3.05) is 11.8 Å². The van der Waals surface area contributed by atoms with E-state index in [1.807, 2.05) is 36.4 Å². The van der Waals surface area contributed by atoms with Gasteiger partial charge in [-0.3, -0.25) is 9.59 Å². The van der Waals surface area contributed by atoms with E-state index in [9.17, 15) is 9.59 Å². The number of esters is 2. The Morgan fingerprint density at radius 3 is 1.53 bits per heavy atom. The zero-order chi connectivity index (χ0) is 21.1. The molecule has 154 valence electrons. The molecule has 2 aromatic heterocycles. The molecule has 0 bridgehead atoms. The van der Waals surface area contributed by atoms with Crippen molar-refractivity contribution >= 4 is 57.2 Å². The normalized spacial score (nSPS) is 13.3. The third-order valence-electron chi connectivity index (χ3n) is 4.36. The Bertz CT molecular complexity index is 1050. The van der Waals surface area contributed by atoms with E-state index in [-0.39, 0.29) is 23.4 Å². The van der Waals surface area contributed by atoms with Crippen LogP contribution < -0.4 is 0 Å². The van der Waals surface area contributed by atoms with Gasteiger partial charge in [-0.25, -0.2) is 9.97 Å². The lowest BCUT2D eigenvalue weighted by molar-refractivity contribution is -0.167. The van der Waals surface area contributed by atoms with Crippen LogP contribution in [-0.2, 0) is 19.1 Å². The van der Waals surface area contributed by atoms with Crippen molar-refractivity contribution in [3.8, 4) is 0 Å². The first kappa shape index (κ1) is 20.2. The van der Waals surface area contributed by atoms with Gasteiger partial charge < -0.3 is 19.4 Å². The van der Waals surface area contributed by atoms with Crippen molar-refractivity contribution in [3.05, 3.63) is 60.2 Å². The van der Waals surface area contributed by atoms with Gasteiger partial charge in [-0.2, -0.15) is 0 Å². The Balaban J connectivity index is 1.82. The maximum Gasteiger partial charge on any atom is 0.321 e. The molecule has 4 rings (SSSR count). The first-order valence-corrected chi connectivity index (χ1v) is 10.1. The number of nitrogens with one attached hydrogen (secondary N) is 2. The number of rotatable bonds is 7. The first-order chi connectivity index (χ1) is 14.6. The maximum absolute atomic E-state index is 12.1. The predicted molar refractivity (Wildman–Crippen MR) is 111 cm³/mol. The third kappa shape index (κ3) is 4.10. The number of alkyl halides is 2. The fourth-order valence-corrected chi connectivity index (χ4v) is 3.21. The Morgan fingerprint density at radius 1 is 0.767 bits per heavy atom. The summed E-state index contributed by atoms with van der Waals surface area (Å²) in [6.07, 6.45) is -2.26. The maximum atomic E-state index is 12.1. The van der Waals surface area contributed by atoms with Crippen LogP contribution in [0.4, 0.5) is 0 Å². The van der Waals surface area contributed by atoms with Crippen molar-refractivity contribution in [2.45, 2.75) is 12.2 Å². The van der Waals surface area contributed by atoms with Crippen LogP contribution in [0.25, 0.3) is 22.1 Å². The van der Waals surface area contributed by atoms with Gasteiger partial charge in [0.05, 0.1) is 22.1 Å². The lowest BCUT2D eigenvalue weighted by Gasteiger charge is -2.23. The van der Waals surface area contributed by atoms with E-state index in [0.29, 0.717) is 11.0 Å². The third-order valence-corrected chi connectivity index (χ3v) is 4.80. The molecule has 0 spiro atoms. The first-order valence-electron chi connectivity index (χ1n) is 8.99. The molecule has 0 saturated carbocycles. The van der Waals surface area contributed by atoms with Gasteiger partial charge in [0.15, 0.2) is 11.6 Å². The molecule has 0 amide bonds. The van der Waals surface area contributed by atoms with E-state index in [4.69, 9.17) is 32.7 Å². The molecule has 0 aliphatic rings. The van der Waals surface area contributed by atoms with Crippen molar-refractivity contribution in [2.24, 2.45) is 0 Å². The summed E-state index contributed by atoms with van der Waals surface area (Å²) < 4.78 is 11.1. The highest BCUT2D eigenvalue weighted by atomic mass is 35.5. The van der Waals surface area contributed by atoms with Crippen molar-refractivity contribution in [1.82, 2.24) is 19.9 Å². The lowest BCUT2D eigenvalue weighted by Crippen LogP contribution is -2.25. The molecular formula is C20H16Cl2N4O4. The summed E-state index contributed by atoms with van der Waals surface area (Å²) in [6.45, 7) is 0. The standard InChI is InChI=1S/C20H16Cl2N4O4/c21-9-15(27)29-17(19-23-11-5-1-2-6-12(11)24-19)18(30-16(28)10-22)20-25-13-7-3-4-8-14(13)26-20/h1-8,17-18H,9-10H2,(H,23,24)(H,25,26)/t17-,18-/m0/s1. The molecule has 2 heterocycles. The molecule has 0 radical (unpaired) electrons. The van der Waals surface area contributed by atoms with E-state index < -0.39 is 24.1 Å². The molecule has 0 fully saturated rings. The summed E-state index contributed by atoms with van der Waals surface area (Å²) in [5, 5.41) is 0. The number of fused-ring (bicyclic) bond motifs is 2. The van der Waals surface area contributed by atoms with Gasteiger partial charge in [-0.05, 0) is 24.3 Å². The molecule has 8 nitrogen and oxygen atoms in total. The smallest absolute Gasteiger partial charge is 0.321 e. The fourth-order valence-electron chi connectivity index (χ4n) is 3.08. The highest BCUT2D eigenvalue weighted by Crippen LogP contribution is 2.35. The minimum atomic E-state index is -1.13. The molecular weight excluding hydrogens is 431 g/mol. The average molecular weight is 447 g/mol. The van der Waals surface area contributed by atoms with Crippen LogP contribution in [-0.4, -0.2) is 43.6 Å². The second-order valence-corrected chi connectivity index (χ2v) is 6.90. The number of H-pyrrole nitrogens is 2. The number of benzene rings is 2. The topological polar surface area (TPSA) is 110 Å². The molecule has 2 N–H and O–H groups in total. The van der Waals surface area contributed by atoms with E-state index in [0.717, 1.165) is 11.0 Å². The Morgan fingerprint density at radius 2 is 1.17 bits per heavy atom. The molecule has 2 atom stereocenters. The molecule has 0 saturated heterocycles. The number of para-hydroxylation sites is 4. The number of nitrogens with zero attached hydrogens (tertiary/aromatic N) is 2. The Kier molecular flexibility index (Phi) is 5.87. The number of hydrogen-bond acceptors (Lipinski definition) is 6. The number of imidazole rings is 2. The van der Waals surface area contributed by atoms with Crippen molar-refractivity contribution in [3.63, 3.8) is 0 Å². The summed E-state index contributed by atoms with van der Waals surface area (Å²) in [4.78, 5) is 39.4. The van der Waals surface area contributed by atoms with Crippen LogP contribution in [0.15, 0.2) is 48.5 Å². The zero-order valence-corrected chi connectivity index (χ0v) is 17.0. The van der Waals surface area contributed by atoms with Gasteiger partial charge in [0.2, 0.25) is 12.2 Å². The number of carbonyl (C=O) groups is 2. The molecule has 2 aromatic carbocycles. The second kappa shape index (κ2) is 8.73. The molecule has 0 aliphatic heterocycles. The van der Waals surface area contributed by atoms with Gasteiger partial charge in [-0.1, -0.05) is 24.3 Å². The summed E-state index contributed by atoms with van der Waals surface area (Å²) >= 11 is 11.3. The van der Waals surface area contributed by atoms with Crippen LogP contribution >= 0.6 is 23.2 Å². The summed E-state index contributed by atoms with van der Waals surface area (Å²) in [5.74, 6) is -1.61. The molecule has 10 heteroatoms. The van der Waals surface area contributed by atoms with Gasteiger partial charge in [0, 0.05) is 0 Å². The van der Waals surface area contributed by atoms with Crippen LogP contribution in [0, 0.1) is 0 Å². The van der Waals surface area contributed by atoms with Crippen LogP contribution in [0.5, 0.6) is 0 Å². The Labute approximate surface area is 180 Å². The van der Waals surface area contributed by atoms with Crippen LogP contribution in [0.3, 0.4) is 0 Å². The highest BCUT2D eigenvalue weighted by molar-refractivity contribution is 6.26. The van der Waals surface area contributed by atoms with E-state index in [2.05, 4.69) is 19.9 Å². The summed E-state index contributed by atoms with van der Waals surface area (Å²) in [7, 11) is 0. The zero-order valence-electron chi connectivity index (χ0n) is 15.5. The minimum absolute atomic E-state index is 0.280. The van der Waals surface area contributed by atoms with E-state index in [1.54, 1.807) is 12.1 Å². The van der Waals surface area contributed by atoms with Gasteiger partial charge in [0.1, 0.15) is 11.8 Å². The molecule has 0 aliphatic carbocycles. The van der Waals surface area contributed by atoms with Gasteiger partial charge >= 0.3 is 11.9 Å². The summed E-state index contributed by atoms with van der Waals surface area (Å²) in [6, 6.07) is 14.6. The van der Waals surface area contributed by atoms with Crippen LogP contribution in [0.2, 0.25) is 0 Å². The van der Waals surface area contributed by atoms with Crippen molar-refractivity contribution in [1.29, 1.82) is 0 Å². The number of aromatic nitrogens is 4. The fraction of sp³-hybridized carbons (Fsp3) is 0.200. The molecule has 0 unspecified atom stereocenters. The van der Waals surface area contributed by atoms with Gasteiger partial charge in [0.25, 0.3) is 0 Å². The van der Waals surface area contributed by atoms with Gasteiger partial charge in [-0.15, -0.1) is 23.2 Å². The van der Waals surface area contributed by atoms with E-state index >= 15 is 0 Å². The quantitative estimate of drug-likeness (QED) is 0.330. The number of carbonyl (C=O) groups excluding carboxylic acids is 2. The molecule has 4 aromatic rings. The van der Waals surface area contributed by atoms with E-state index in [1.165, 1.54) is 0 Å². The Hall–Kier alpha value is -3.10. The monoisotopic (exact) mass is 446 g/mol. The SMILES string of the molecule is O=C(CCl)O[C@H](c1nc2ccccc2[nH]1)[C@H](OC(=O)CCl)c1nc2ccccc2[nH]1. The van der Waals surface area contributed by atoms with Crippen molar-refractivity contribution < 1.29 is 19.1 Å². The largest absolute Gasteiger partial charge is 0.449 e. The number of halogens is 2. The second-order valence-electron chi connectivity index (χ2n) is 6.37.